The van der Waals surface area contributed by atoms with Crippen LogP contribution in [0.4, 0.5) is 10.1 Å². The third-order valence-electron chi connectivity index (χ3n) is 3.01. The lowest BCUT2D eigenvalue weighted by molar-refractivity contribution is -0.115. The number of anilines is 1. The smallest absolute Gasteiger partial charge is 0.230 e. The number of halogens is 1. The predicted molar refractivity (Wildman–Crippen MR) is 74.4 cm³/mol. The lowest BCUT2D eigenvalue weighted by Crippen LogP contribution is -2.14. The number of hydrogen-bond acceptors (Lipinski definition) is 4. The van der Waals surface area contributed by atoms with Crippen LogP contribution in [0.1, 0.15) is 5.69 Å². The Labute approximate surface area is 119 Å². The largest absolute Gasteiger partial charge is 0.505 e. The third kappa shape index (κ3) is 2.69. The third-order valence-corrected chi connectivity index (χ3v) is 3.01. The molecule has 3 rings (SSSR count). The Morgan fingerprint density at radius 3 is 2.90 bits per heavy atom. The fourth-order valence-electron chi connectivity index (χ4n) is 2.01. The molecule has 6 heteroatoms. The number of phenolic OH excluding ortho intramolecular Hbond substituents is 1. The maximum absolute atomic E-state index is 13.2. The van der Waals surface area contributed by atoms with E-state index in [9.17, 15) is 9.18 Å². The Morgan fingerprint density at radius 2 is 2.10 bits per heavy atom. The molecular weight excluding hydrogens is 275 g/mol. The molecule has 1 heterocycles. The van der Waals surface area contributed by atoms with E-state index in [0.717, 1.165) is 11.5 Å². The summed E-state index contributed by atoms with van der Waals surface area (Å²) in [5, 5.41) is 16.3. The van der Waals surface area contributed by atoms with E-state index in [4.69, 9.17) is 9.63 Å². The van der Waals surface area contributed by atoms with Crippen LogP contribution in [0.2, 0.25) is 0 Å². The number of hydrogen-bond donors (Lipinski definition) is 2. The second-order valence-electron chi connectivity index (χ2n) is 4.52. The van der Waals surface area contributed by atoms with Gasteiger partial charge in [0.1, 0.15) is 5.69 Å². The maximum Gasteiger partial charge on any atom is 0.230 e. The van der Waals surface area contributed by atoms with Crippen molar-refractivity contribution in [1.29, 1.82) is 0 Å². The van der Waals surface area contributed by atoms with Gasteiger partial charge in [-0.15, -0.1) is 0 Å². The highest BCUT2D eigenvalue weighted by molar-refractivity contribution is 5.94. The molecule has 21 heavy (non-hydrogen) atoms. The number of carbonyl (C=O) groups excluding carboxylic acids is 1. The van der Waals surface area contributed by atoms with Crippen molar-refractivity contribution in [3.63, 3.8) is 0 Å². The van der Waals surface area contributed by atoms with Gasteiger partial charge in [0.2, 0.25) is 5.91 Å². The molecule has 0 saturated carbocycles. The number of aromatic hydroxyl groups is 1. The zero-order valence-corrected chi connectivity index (χ0v) is 10.8. The van der Waals surface area contributed by atoms with E-state index in [1.807, 2.05) is 18.2 Å². The summed E-state index contributed by atoms with van der Waals surface area (Å²) in [4.78, 5) is 11.9. The first-order chi connectivity index (χ1) is 10.1. The zero-order valence-electron chi connectivity index (χ0n) is 10.8. The summed E-state index contributed by atoms with van der Waals surface area (Å²) in [6, 6.07) is 10.9. The number of nitrogens with zero attached hydrogens (tertiary/aromatic N) is 1. The second kappa shape index (κ2) is 5.24. The fraction of sp³-hybridized carbons (Fsp3) is 0.0667. The number of para-hydroxylation sites is 1. The number of carbonyl (C=O) groups is 1. The summed E-state index contributed by atoms with van der Waals surface area (Å²) in [7, 11) is 0. The quantitative estimate of drug-likeness (QED) is 0.726. The van der Waals surface area contributed by atoms with Crippen LogP contribution < -0.4 is 5.32 Å². The van der Waals surface area contributed by atoms with Crippen LogP contribution >= 0.6 is 0 Å². The van der Waals surface area contributed by atoms with Gasteiger partial charge in [0, 0.05) is 17.1 Å². The van der Waals surface area contributed by atoms with Crippen LogP contribution in [-0.2, 0) is 11.2 Å². The Hall–Kier alpha value is -2.89. The van der Waals surface area contributed by atoms with Gasteiger partial charge in [-0.3, -0.25) is 4.79 Å². The van der Waals surface area contributed by atoms with Gasteiger partial charge in [-0.1, -0.05) is 17.3 Å². The van der Waals surface area contributed by atoms with Gasteiger partial charge in [-0.05, 0) is 24.3 Å². The van der Waals surface area contributed by atoms with Crippen molar-refractivity contribution in [2.24, 2.45) is 0 Å². The molecule has 0 aliphatic heterocycles. The zero-order chi connectivity index (χ0) is 14.8. The van der Waals surface area contributed by atoms with Gasteiger partial charge in [0.25, 0.3) is 0 Å². The molecule has 2 aromatic carbocycles. The molecule has 0 spiro atoms. The first-order valence-corrected chi connectivity index (χ1v) is 6.25. The van der Waals surface area contributed by atoms with Crippen LogP contribution in [0.5, 0.6) is 5.75 Å². The minimum atomic E-state index is -0.792. The highest BCUT2D eigenvalue weighted by atomic mass is 19.1. The van der Waals surface area contributed by atoms with Crippen LogP contribution in [0.15, 0.2) is 47.0 Å². The topological polar surface area (TPSA) is 75.4 Å². The first-order valence-electron chi connectivity index (χ1n) is 6.25. The Morgan fingerprint density at radius 1 is 1.29 bits per heavy atom. The highest BCUT2D eigenvalue weighted by Crippen LogP contribution is 2.21. The number of phenols is 1. The number of nitrogens with one attached hydrogen (secondary N) is 1. The molecule has 0 bridgehead atoms. The number of amides is 1. The summed E-state index contributed by atoms with van der Waals surface area (Å²) in [5.74, 6) is -1.60. The molecule has 1 amide bonds. The van der Waals surface area contributed by atoms with E-state index in [1.165, 1.54) is 12.1 Å². The number of fused-ring (bicyclic) bond motifs is 1. The van der Waals surface area contributed by atoms with Crippen molar-refractivity contribution in [3.8, 4) is 5.75 Å². The Bertz CT molecular complexity index is 814. The summed E-state index contributed by atoms with van der Waals surface area (Å²) >= 11 is 0. The monoisotopic (exact) mass is 286 g/mol. The lowest BCUT2D eigenvalue weighted by Gasteiger charge is -2.04. The van der Waals surface area contributed by atoms with Crippen LogP contribution in [0.3, 0.4) is 0 Å². The molecule has 0 aliphatic rings. The normalized spacial score (nSPS) is 10.7. The van der Waals surface area contributed by atoms with Gasteiger partial charge in [0.05, 0.1) is 6.42 Å². The van der Waals surface area contributed by atoms with E-state index >= 15 is 0 Å². The van der Waals surface area contributed by atoms with Crippen molar-refractivity contribution in [1.82, 2.24) is 5.16 Å². The summed E-state index contributed by atoms with van der Waals surface area (Å²) in [5.41, 5.74) is 1.39. The molecule has 5 nitrogen and oxygen atoms in total. The summed E-state index contributed by atoms with van der Waals surface area (Å²) in [6.45, 7) is 0. The Kier molecular flexibility index (Phi) is 3.27. The van der Waals surface area contributed by atoms with Gasteiger partial charge in [-0.25, -0.2) is 4.39 Å². The summed E-state index contributed by atoms with van der Waals surface area (Å²) in [6.07, 6.45) is 0.0134. The first kappa shape index (κ1) is 13.1. The Balaban J connectivity index is 1.75. The minimum Gasteiger partial charge on any atom is -0.505 e. The summed E-state index contributed by atoms with van der Waals surface area (Å²) < 4.78 is 18.3. The molecule has 2 N–H and O–H groups in total. The van der Waals surface area contributed by atoms with Crippen molar-refractivity contribution in [2.75, 3.05) is 5.32 Å². The minimum absolute atomic E-state index is 0.0134. The molecule has 0 fully saturated rings. The van der Waals surface area contributed by atoms with Gasteiger partial charge in [0.15, 0.2) is 17.1 Å². The van der Waals surface area contributed by atoms with E-state index in [0.29, 0.717) is 11.3 Å². The standard InChI is InChI=1S/C15H11FN2O3/c16-11-7-9(5-6-13(11)19)17-15(20)8-12-10-3-1-2-4-14(10)21-18-12/h1-7,19H,8H2,(H,17,20). The molecule has 3 aromatic rings. The molecule has 1 aromatic heterocycles. The van der Waals surface area contributed by atoms with Crippen LogP contribution in [0.25, 0.3) is 11.0 Å². The maximum atomic E-state index is 13.2. The van der Waals surface area contributed by atoms with Gasteiger partial charge < -0.3 is 14.9 Å². The second-order valence-corrected chi connectivity index (χ2v) is 4.52. The molecule has 0 atom stereocenters. The van der Waals surface area contributed by atoms with Gasteiger partial charge in [-0.2, -0.15) is 0 Å². The van der Waals surface area contributed by atoms with Crippen molar-refractivity contribution >= 4 is 22.6 Å². The molecular formula is C15H11FN2O3. The van der Waals surface area contributed by atoms with Crippen LogP contribution in [-0.4, -0.2) is 16.2 Å². The number of benzene rings is 2. The molecule has 0 saturated heterocycles. The predicted octanol–water partition coefficient (Wildman–Crippen LogP) is 2.85. The van der Waals surface area contributed by atoms with Crippen molar-refractivity contribution in [3.05, 3.63) is 54.0 Å². The SMILES string of the molecule is O=C(Cc1noc2ccccc12)Nc1ccc(O)c(F)c1. The average molecular weight is 286 g/mol. The van der Waals surface area contributed by atoms with E-state index in [2.05, 4.69) is 10.5 Å². The number of rotatable bonds is 3. The number of aromatic nitrogens is 1. The van der Waals surface area contributed by atoms with E-state index in [1.54, 1.807) is 6.07 Å². The molecule has 0 aliphatic carbocycles. The van der Waals surface area contributed by atoms with Crippen molar-refractivity contribution < 1.29 is 18.8 Å². The fourth-order valence-corrected chi connectivity index (χ4v) is 2.01. The molecule has 0 radical (unpaired) electrons. The lowest BCUT2D eigenvalue weighted by atomic mass is 10.1. The molecule has 106 valence electrons. The van der Waals surface area contributed by atoms with E-state index < -0.39 is 11.6 Å². The van der Waals surface area contributed by atoms with Gasteiger partial charge >= 0.3 is 0 Å². The average Bonchev–Trinajstić information content (AvgIpc) is 2.86. The molecule has 0 unspecified atom stereocenters. The van der Waals surface area contributed by atoms with Crippen molar-refractivity contribution in [2.45, 2.75) is 6.42 Å². The van der Waals surface area contributed by atoms with E-state index in [-0.39, 0.29) is 18.0 Å². The highest BCUT2D eigenvalue weighted by Gasteiger charge is 2.12. The van der Waals surface area contributed by atoms with Crippen LogP contribution in [0, 0.1) is 5.82 Å².